The highest BCUT2D eigenvalue weighted by Crippen LogP contribution is 2.27. The Labute approximate surface area is 170 Å². The third-order valence-corrected chi connectivity index (χ3v) is 5.15. The molecule has 0 saturated carbocycles. The number of ether oxygens (including phenoxy) is 2. The highest BCUT2D eigenvalue weighted by atomic mass is 35.5. The number of hydrogen-bond donors (Lipinski definition) is 1. The summed E-state index contributed by atoms with van der Waals surface area (Å²) in [5.74, 6) is 0.333. The standard InChI is InChI=1S/C20H27ClN2O5/c1-27-17-7-6-15(12-16(17)21)22-18(24)8-5-14-4-3-11-23(13-14)19(25)9-10-20(26)28-2/h6-7,12,14H,3-5,8-11,13H2,1-2H3,(H,22,24)/t14-/m1/s1. The Morgan fingerprint density at radius 3 is 2.68 bits per heavy atom. The number of halogens is 1. The summed E-state index contributed by atoms with van der Waals surface area (Å²) in [5, 5.41) is 3.27. The van der Waals surface area contributed by atoms with Gasteiger partial charge in [0.2, 0.25) is 11.8 Å². The summed E-state index contributed by atoms with van der Waals surface area (Å²) >= 11 is 6.07. The van der Waals surface area contributed by atoms with Crippen LogP contribution < -0.4 is 10.1 Å². The Morgan fingerprint density at radius 2 is 2.00 bits per heavy atom. The van der Waals surface area contributed by atoms with Gasteiger partial charge in [0.25, 0.3) is 0 Å². The molecular weight excluding hydrogens is 384 g/mol. The third kappa shape index (κ3) is 6.71. The smallest absolute Gasteiger partial charge is 0.306 e. The molecule has 1 fully saturated rings. The van der Waals surface area contributed by atoms with Gasteiger partial charge in [0, 0.05) is 31.6 Å². The number of nitrogens with zero attached hydrogens (tertiary/aromatic N) is 1. The summed E-state index contributed by atoms with van der Waals surface area (Å²) in [7, 11) is 2.85. The molecule has 1 N–H and O–H groups in total. The van der Waals surface area contributed by atoms with Crippen LogP contribution in [0.4, 0.5) is 5.69 Å². The zero-order chi connectivity index (χ0) is 20.5. The second-order valence-electron chi connectivity index (χ2n) is 6.86. The van der Waals surface area contributed by atoms with Crippen LogP contribution in [0, 0.1) is 5.92 Å². The fourth-order valence-corrected chi connectivity index (χ4v) is 3.56. The highest BCUT2D eigenvalue weighted by molar-refractivity contribution is 6.32. The number of hydrogen-bond acceptors (Lipinski definition) is 5. The number of piperidine rings is 1. The van der Waals surface area contributed by atoms with Crippen molar-refractivity contribution >= 4 is 35.1 Å². The van der Waals surface area contributed by atoms with Crippen molar-refractivity contribution in [3.05, 3.63) is 23.2 Å². The molecule has 8 heteroatoms. The number of methoxy groups -OCH3 is 2. The lowest BCUT2D eigenvalue weighted by molar-refractivity contribution is -0.144. The number of carbonyl (C=O) groups excluding carboxylic acids is 3. The Balaban J connectivity index is 1.77. The molecule has 1 heterocycles. The fourth-order valence-electron chi connectivity index (χ4n) is 3.30. The number of carbonyl (C=O) groups is 3. The summed E-state index contributed by atoms with van der Waals surface area (Å²) in [4.78, 5) is 37.5. The molecule has 1 aliphatic rings. The molecule has 0 spiro atoms. The van der Waals surface area contributed by atoms with E-state index in [-0.39, 0.29) is 36.5 Å². The molecule has 1 aromatic rings. The molecule has 0 radical (unpaired) electrons. The molecule has 1 atom stereocenters. The van der Waals surface area contributed by atoms with E-state index in [1.54, 1.807) is 23.1 Å². The van der Waals surface area contributed by atoms with E-state index in [1.807, 2.05) is 0 Å². The van der Waals surface area contributed by atoms with Crippen molar-refractivity contribution in [2.45, 2.75) is 38.5 Å². The normalized spacial score (nSPS) is 16.4. The van der Waals surface area contributed by atoms with Gasteiger partial charge in [-0.3, -0.25) is 14.4 Å². The maximum Gasteiger partial charge on any atom is 0.306 e. The van der Waals surface area contributed by atoms with Crippen LogP contribution in [0.3, 0.4) is 0 Å². The van der Waals surface area contributed by atoms with Gasteiger partial charge in [0.05, 0.1) is 25.7 Å². The Bertz CT molecular complexity index is 710. The predicted molar refractivity (Wildman–Crippen MR) is 106 cm³/mol. The summed E-state index contributed by atoms with van der Waals surface area (Å²) in [5.41, 5.74) is 0.624. The minimum absolute atomic E-state index is 0.0348. The second kappa shape index (κ2) is 10.9. The van der Waals surface area contributed by atoms with Gasteiger partial charge in [0.15, 0.2) is 0 Å². The van der Waals surface area contributed by atoms with Gasteiger partial charge in [-0.2, -0.15) is 0 Å². The van der Waals surface area contributed by atoms with Gasteiger partial charge in [0.1, 0.15) is 5.75 Å². The van der Waals surface area contributed by atoms with Crippen LogP contribution in [0.15, 0.2) is 18.2 Å². The van der Waals surface area contributed by atoms with Crippen molar-refractivity contribution in [3.8, 4) is 5.75 Å². The van der Waals surface area contributed by atoms with Crippen molar-refractivity contribution in [2.24, 2.45) is 5.92 Å². The molecule has 0 unspecified atom stereocenters. The van der Waals surface area contributed by atoms with Crippen molar-refractivity contribution in [2.75, 3.05) is 32.6 Å². The number of likely N-dealkylation sites (tertiary alicyclic amines) is 1. The summed E-state index contributed by atoms with van der Waals surface area (Å²) in [6.07, 6.45) is 3.24. The lowest BCUT2D eigenvalue weighted by Crippen LogP contribution is -2.40. The number of anilines is 1. The largest absolute Gasteiger partial charge is 0.495 e. The number of amides is 2. The first-order valence-corrected chi connectivity index (χ1v) is 9.78. The first-order valence-electron chi connectivity index (χ1n) is 9.41. The number of esters is 1. The fraction of sp³-hybridized carbons (Fsp3) is 0.550. The van der Waals surface area contributed by atoms with Crippen molar-refractivity contribution < 1.29 is 23.9 Å². The molecule has 154 valence electrons. The molecule has 7 nitrogen and oxygen atoms in total. The molecular formula is C20H27ClN2O5. The van der Waals surface area contributed by atoms with E-state index in [4.69, 9.17) is 16.3 Å². The van der Waals surface area contributed by atoms with Gasteiger partial charge >= 0.3 is 5.97 Å². The Hall–Kier alpha value is -2.28. The molecule has 1 aliphatic heterocycles. The Morgan fingerprint density at radius 1 is 1.21 bits per heavy atom. The van der Waals surface area contributed by atoms with Crippen LogP contribution in [0.5, 0.6) is 5.75 Å². The first kappa shape index (κ1) is 22.0. The van der Waals surface area contributed by atoms with Gasteiger partial charge in [-0.25, -0.2) is 0 Å². The van der Waals surface area contributed by atoms with E-state index < -0.39 is 0 Å². The van der Waals surface area contributed by atoms with E-state index in [9.17, 15) is 14.4 Å². The van der Waals surface area contributed by atoms with E-state index >= 15 is 0 Å². The number of rotatable bonds is 8. The monoisotopic (exact) mass is 410 g/mol. The van der Waals surface area contributed by atoms with E-state index in [1.165, 1.54) is 14.2 Å². The Kier molecular flexibility index (Phi) is 8.57. The van der Waals surface area contributed by atoms with Crippen molar-refractivity contribution in [1.29, 1.82) is 0 Å². The molecule has 2 amide bonds. The zero-order valence-electron chi connectivity index (χ0n) is 16.3. The van der Waals surface area contributed by atoms with Crippen LogP contribution in [-0.2, 0) is 19.1 Å². The minimum Gasteiger partial charge on any atom is -0.495 e. The topological polar surface area (TPSA) is 84.9 Å². The van der Waals surface area contributed by atoms with Crippen molar-refractivity contribution in [1.82, 2.24) is 4.90 Å². The number of benzene rings is 1. The van der Waals surface area contributed by atoms with Crippen LogP contribution >= 0.6 is 11.6 Å². The van der Waals surface area contributed by atoms with Gasteiger partial charge in [-0.1, -0.05) is 11.6 Å². The SMILES string of the molecule is COC(=O)CCC(=O)N1CCC[C@H](CCC(=O)Nc2ccc(OC)c(Cl)c2)C1. The van der Waals surface area contributed by atoms with Crippen molar-refractivity contribution in [3.63, 3.8) is 0 Å². The summed E-state index contributed by atoms with van der Waals surface area (Å²) in [6, 6.07) is 5.10. The van der Waals surface area contributed by atoms with Crippen LogP contribution in [0.25, 0.3) is 0 Å². The van der Waals surface area contributed by atoms with E-state index in [0.717, 1.165) is 12.8 Å². The first-order chi connectivity index (χ1) is 13.4. The average Bonchev–Trinajstić information content (AvgIpc) is 2.70. The predicted octanol–water partition coefficient (Wildman–Crippen LogP) is 3.26. The lowest BCUT2D eigenvalue weighted by Gasteiger charge is -2.32. The molecule has 1 aromatic carbocycles. The van der Waals surface area contributed by atoms with Gasteiger partial charge in [-0.15, -0.1) is 0 Å². The molecule has 28 heavy (non-hydrogen) atoms. The summed E-state index contributed by atoms with van der Waals surface area (Å²) in [6.45, 7) is 1.33. The van der Waals surface area contributed by atoms with E-state index in [2.05, 4.69) is 10.1 Å². The maximum atomic E-state index is 12.2. The summed E-state index contributed by atoms with van der Waals surface area (Å²) < 4.78 is 9.67. The molecule has 0 aromatic heterocycles. The second-order valence-corrected chi connectivity index (χ2v) is 7.27. The molecule has 1 saturated heterocycles. The molecule has 0 bridgehead atoms. The van der Waals surface area contributed by atoms with Gasteiger partial charge < -0.3 is 19.7 Å². The van der Waals surface area contributed by atoms with Crippen LogP contribution in [0.2, 0.25) is 5.02 Å². The quantitative estimate of drug-likeness (QED) is 0.665. The molecule has 0 aliphatic carbocycles. The third-order valence-electron chi connectivity index (χ3n) is 4.86. The van der Waals surface area contributed by atoms with E-state index in [0.29, 0.717) is 42.4 Å². The minimum atomic E-state index is -0.378. The average molecular weight is 411 g/mol. The van der Waals surface area contributed by atoms with Gasteiger partial charge in [-0.05, 0) is 43.4 Å². The molecule has 2 rings (SSSR count). The zero-order valence-corrected chi connectivity index (χ0v) is 17.1. The van der Waals surface area contributed by atoms with Crippen LogP contribution in [0.1, 0.15) is 38.5 Å². The lowest BCUT2D eigenvalue weighted by atomic mass is 9.93. The number of nitrogens with one attached hydrogen (secondary N) is 1. The highest BCUT2D eigenvalue weighted by Gasteiger charge is 2.24. The maximum absolute atomic E-state index is 12.2. The van der Waals surface area contributed by atoms with Crippen LogP contribution in [-0.4, -0.2) is 50.0 Å².